The summed E-state index contributed by atoms with van der Waals surface area (Å²) in [5.41, 5.74) is 1.08. The molecular formula is C9H14Cl2N2S. The Morgan fingerprint density at radius 1 is 1.29 bits per heavy atom. The Morgan fingerprint density at radius 2 is 2.00 bits per heavy atom. The van der Waals surface area contributed by atoms with Crippen LogP contribution < -0.4 is 10.6 Å². The molecule has 0 unspecified atom stereocenters. The van der Waals surface area contributed by atoms with Crippen molar-refractivity contribution in [3.8, 4) is 0 Å². The average molecular weight is 253 g/mol. The van der Waals surface area contributed by atoms with Gasteiger partial charge in [-0.05, 0) is 18.2 Å². The van der Waals surface area contributed by atoms with E-state index in [1.165, 1.54) is 11.3 Å². The molecule has 0 spiro atoms. The predicted octanol–water partition coefficient (Wildman–Crippen LogP) is 2.75. The van der Waals surface area contributed by atoms with Crippen molar-refractivity contribution >= 4 is 34.5 Å². The molecule has 1 heterocycles. The Hall–Kier alpha value is 0.200. The molecule has 14 heavy (non-hydrogen) atoms. The highest BCUT2D eigenvalue weighted by molar-refractivity contribution is 7.20. The molecule has 0 saturated carbocycles. The van der Waals surface area contributed by atoms with Crippen LogP contribution in [-0.2, 0) is 6.54 Å². The van der Waals surface area contributed by atoms with Gasteiger partial charge in [0.2, 0.25) is 0 Å². The van der Waals surface area contributed by atoms with Crippen LogP contribution in [0.4, 0.5) is 0 Å². The second-order valence-electron chi connectivity index (χ2n) is 2.88. The number of nitrogens with one attached hydrogen (secondary N) is 2. The minimum absolute atomic E-state index is 0.749. The van der Waals surface area contributed by atoms with Crippen molar-refractivity contribution in [3.05, 3.63) is 20.3 Å². The fourth-order valence-electron chi connectivity index (χ4n) is 1.07. The molecule has 1 aromatic heterocycles. The van der Waals surface area contributed by atoms with Crippen LogP contribution in [0.3, 0.4) is 0 Å². The fraction of sp³-hybridized carbons (Fsp3) is 0.556. The molecule has 0 aromatic carbocycles. The van der Waals surface area contributed by atoms with Crippen molar-refractivity contribution in [1.29, 1.82) is 0 Å². The topological polar surface area (TPSA) is 24.1 Å². The molecule has 0 aliphatic heterocycles. The summed E-state index contributed by atoms with van der Waals surface area (Å²) < 4.78 is 1.53. The lowest BCUT2D eigenvalue weighted by Crippen LogP contribution is -2.26. The fourth-order valence-corrected chi connectivity index (χ4v) is 2.56. The van der Waals surface area contributed by atoms with Crippen molar-refractivity contribution in [3.63, 3.8) is 0 Å². The zero-order valence-electron chi connectivity index (χ0n) is 8.07. The molecule has 0 radical (unpaired) electrons. The molecule has 80 valence electrons. The first-order valence-corrected chi connectivity index (χ1v) is 6.16. The van der Waals surface area contributed by atoms with Crippen LogP contribution in [-0.4, -0.2) is 19.6 Å². The van der Waals surface area contributed by atoms with Gasteiger partial charge in [0.05, 0.1) is 8.67 Å². The number of hydrogen-bond donors (Lipinski definition) is 2. The smallest absolute Gasteiger partial charge is 0.0989 e. The van der Waals surface area contributed by atoms with Crippen molar-refractivity contribution in [2.24, 2.45) is 0 Å². The molecule has 1 rings (SSSR count). The van der Waals surface area contributed by atoms with Crippen molar-refractivity contribution in [1.82, 2.24) is 10.6 Å². The Morgan fingerprint density at radius 3 is 2.57 bits per heavy atom. The standard InChI is InChI=1S/C9H14Cl2N2S/c1-2-12-3-4-13-6-7-5-8(10)14-9(7)11/h5,12-13H,2-4,6H2,1H3. The van der Waals surface area contributed by atoms with Gasteiger partial charge in [-0.15, -0.1) is 11.3 Å². The quantitative estimate of drug-likeness (QED) is 0.762. The van der Waals surface area contributed by atoms with Gasteiger partial charge in [-0.1, -0.05) is 30.1 Å². The van der Waals surface area contributed by atoms with E-state index in [0.29, 0.717) is 0 Å². The van der Waals surface area contributed by atoms with Gasteiger partial charge in [-0.25, -0.2) is 0 Å². The Kier molecular flexibility index (Phi) is 5.82. The van der Waals surface area contributed by atoms with Crippen LogP contribution in [0.2, 0.25) is 8.67 Å². The van der Waals surface area contributed by atoms with Gasteiger partial charge in [-0.3, -0.25) is 0 Å². The van der Waals surface area contributed by atoms with Gasteiger partial charge in [-0.2, -0.15) is 0 Å². The van der Waals surface area contributed by atoms with Gasteiger partial charge < -0.3 is 10.6 Å². The molecular weight excluding hydrogens is 239 g/mol. The van der Waals surface area contributed by atoms with Crippen LogP contribution >= 0.6 is 34.5 Å². The van der Waals surface area contributed by atoms with Gasteiger partial charge in [0, 0.05) is 19.6 Å². The Labute approximate surface area is 98.6 Å². The first-order chi connectivity index (χ1) is 6.74. The van der Waals surface area contributed by atoms with Gasteiger partial charge >= 0.3 is 0 Å². The van der Waals surface area contributed by atoms with E-state index >= 15 is 0 Å². The summed E-state index contributed by atoms with van der Waals surface area (Å²) in [6, 6.07) is 1.91. The first-order valence-electron chi connectivity index (χ1n) is 4.59. The lowest BCUT2D eigenvalue weighted by atomic mass is 10.3. The highest BCUT2D eigenvalue weighted by atomic mass is 35.5. The minimum atomic E-state index is 0.749. The predicted molar refractivity (Wildman–Crippen MR) is 64.6 cm³/mol. The molecule has 0 saturated heterocycles. The lowest BCUT2D eigenvalue weighted by Gasteiger charge is -2.03. The van der Waals surface area contributed by atoms with E-state index in [4.69, 9.17) is 23.2 Å². The van der Waals surface area contributed by atoms with E-state index < -0.39 is 0 Å². The number of rotatable bonds is 6. The average Bonchev–Trinajstić information content (AvgIpc) is 2.45. The zero-order valence-corrected chi connectivity index (χ0v) is 10.4. The maximum absolute atomic E-state index is 5.96. The largest absolute Gasteiger partial charge is 0.316 e. The Bertz CT molecular complexity index is 276. The third kappa shape index (κ3) is 4.15. The second kappa shape index (κ2) is 6.64. The van der Waals surface area contributed by atoms with Crippen molar-refractivity contribution in [2.75, 3.05) is 19.6 Å². The van der Waals surface area contributed by atoms with Crippen LogP contribution in [0.25, 0.3) is 0 Å². The van der Waals surface area contributed by atoms with Crippen LogP contribution in [0.5, 0.6) is 0 Å². The van der Waals surface area contributed by atoms with E-state index in [1.54, 1.807) is 0 Å². The summed E-state index contributed by atoms with van der Waals surface area (Å²) in [6.07, 6.45) is 0. The molecule has 0 aliphatic rings. The molecule has 0 fully saturated rings. The molecule has 1 aromatic rings. The molecule has 0 atom stereocenters. The molecule has 0 bridgehead atoms. The second-order valence-corrected chi connectivity index (χ2v) is 5.17. The number of likely N-dealkylation sites (N-methyl/N-ethyl adjacent to an activating group) is 1. The Balaban J connectivity index is 2.21. The number of hydrogen-bond acceptors (Lipinski definition) is 3. The highest BCUT2D eigenvalue weighted by Gasteiger charge is 2.04. The molecule has 2 nitrogen and oxygen atoms in total. The van der Waals surface area contributed by atoms with Crippen molar-refractivity contribution in [2.45, 2.75) is 13.5 Å². The summed E-state index contributed by atoms with van der Waals surface area (Å²) in [5.74, 6) is 0. The van der Waals surface area contributed by atoms with Crippen LogP contribution in [0.15, 0.2) is 6.07 Å². The summed E-state index contributed by atoms with van der Waals surface area (Å²) in [6.45, 7) is 5.80. The summed E-state index contributed by atoms with van der Waals surface area (Å²) in [5, 5.41) is 6.53. The first kappa shape index (κ1) is 12.3. The van der Waals surface area contributed by atoms with Crippen LogP contribution in [0, 0.1) is 0 Å². The van der Waals surface area contributed by atoms with E-state index in [2.05, 4.69) is 17.6 Å². The number of halogens is 2. The van der Waals surface area contributed by atoms with E-state index in [-0.39, 0.29) is 0 Å². The summed E-state index contributed by atoms with van der Waals surface area (Å²) >= 11 is 13.2. The maximum Gasteiger partial charge on any atom is 0.0989 e. The van der Waals surface area contributed by atoms with Gasteiger partial charge in [0.1, 0.15) is 0 Å². The molecule has 2 N–H and O–H groups in total. The lowest BCUT2D eigenvalue weighted by molar-refractivity contribution is 0.625. The van der Waals surface area contributed by atoms with Gasteiger partial charge in [0.25, 0.3) is 0 Å². The number of thiophene rings is 1. The normalized spacial score (nSPS) is 10.8. The maximum atomic E-state index is 5.96. The van der Waals surface area contributed by atoms with Crippen LogP contribution in [0.1, 0.15) is 12.5 Å². The van der Waals surface area contributed by atoms with E-state index in [0.717, 1.165) is 40.4 Å². The zero-order chi connectivity index (χ0) is 10.4. The summed E-state index contributed by atoms with van der Waals surface area (Å²) in [4.78, 5) is 0. The van der Waals surface area contributed by atoms with Gasteiger partial charge in [0.15, 0.2) is 0 Å². The minimum Gasteiger partial charge on any atom is -0.316 e. The molecule has 0 aliphatic carbocycles. The monoisotopic (exact) mass is 252 g/mol. The van der Waals surface area contributed by atoms with E-state index in [9.17, 15) is 0 Å². The third-order valence-corrected chi connectivity index (χ3v) is 3.34. The highest BCUT2D eigenvalue weighted by Crippen LogP contribution is 2.30. The summed E-state index contributed by atoms with van der Waals surface area (Å²) in [7, 11) is 0. The molecule has 0 amide bonds. The molecule has 5 heteroatoms. The van der Waals surface area contributed by atoms with E-state index in [1.807, 2.05) is 6.07 Å². The van der Waals surface area contributed by atoms with Crippen molar-refractivity contribution < 1.29 is 0 Å². The SMILES string of the molecule is CCNCCNCc1cc(Cl)sc1Cl. The third-order valence-electron chi connectivity index (χ3n) is 1.77.